The molecule has 0 bridgehead atoms. The maximum atomic E-state index is 12.6. The molecule has 0 aliphatic heterocycles. The minimum absolute atomic E-state index is 0.0416. The summed E-state index contributed by atoms with van der Waals surface area (Å²) in [4.78, 5) is 25.7. The Morgan fingerprint density at radius 2 is 1.89 bits per heavy atom. The number of rotatable bonds is 7. The van der Waals surface area contributed by atoms with Crippen molar-refractivity contribution in [2.45, 2.75) is 37.5 Å². The highest BCUT2D eigenvalue weighted by molar-refractivity contribution is 7.89. The van der Waals surface area contributed by atoms with Crippen LogP contribution in [0.1, 0.15) is 42.6 Å². The van der Waals surface area contributed by atoms with Crippen LogP contribution in [-0.2, 0) is 21.9 Å². The van der Waals surface area contributed by atoms with Gasteiger partial charge in [0.2, 0.25) is 10.0 Å². The molecule has 0 saturated carbocycles. The van der Waals surface area contributed by atoms with Crippen molar-refractivity contribution in [3.63, 3.8) is 0 Å². The topological polar surface area (TPSA) is 159 Å². The molecule has 0 unspecified atom stereocenters. The van der Waals surface area contributed by atoms with Crippen LogP contribution >= 0.6 is 0 Å². The lowest BCUT2D eigenvalue weighted by molar-refractivity contribution is 0.0949. The van der Waals surface area contributed by atoms with Crippen molar-refractivity contribution in [1.82, 2.24) is 30.0 Å². The number of hydrogen-bond acceptors (Lipinski definition) is 8. The average Bonchev–Trinajstić information content (AvgIpc) is 3.49. The van der Waals surface area contributed by atoms with E-state index in [1.54, 1.807) is 35.2 Å². The first-order valence-corrected chi connectivity index (χ1v) is 12.3. The second-order valence-corrected chi connectivity index (χ2v) is 10.5. The van der Waals surface area contributed by atoms with Crippen LogP contribution in [0.2, 0.25) is 0 Å². The van der Waals surface area contributed by atoms with Crippen LogP contribution in [0, 0.1) is 0 Å². The zero-order chi connectivity index (χ0) is 25.2. The lowest BCUT2D eigenvalue weighted by Crippen LogP contribution is -2.26. The first kappa shape index (κ1) is 24.2. The van der Waals surface area contributed by atoms with Gasteiger partial charge in [0.05, 0.1) is 10.5 Å². The number of primary sulfonamides is 1. The maximum absolute atomic E-state index is 12.6. The molecule has 0 fully saturated rings. The SMILES string of the molecule is CC(C)(C)c1noc(-c2cccnc2-n2cnc(C(=O)NCCc3ccc(S(N)(=O)=O)cc3)c2)n1. The van der Waals surface area contributed by atoms with Crippen LogP contribution < -0.4 is 10.5 Å². The zero-order valence-corrected chi connectivity index (χ0v) is 20.3. The number of hydrogen-bond donors (Lipinski definition) is 2. The van der Waals surface area contributed by atoms with E-state index in [4.69, 9.17) is 9.66 Å². The molecule has 0 saturated heterocycles. The molecule has 0 aliphatic carbocycles. The number of amides is 1. The van der Waals surface area contributed by atoms with Crippen molar-refractivity contribution in [3.8, 4) is 17.3 Å². The van der Waals surface area contributed by atoms with Crippen LogP contribution in [0.25, 0.3) is 17.3 Å². The Labute approximate surface area is 202 Å². The van der Waals surface area contributed by atoms with Crippen molar-refractivity contribution in [3.05, 3.63) is 72.2 Å². The van der Waals surface area contributed by atoms with Crippen molar-refractivity contribution in [2.75, 3.05) is 6.54 Å². The zero-order valence-electron chi connectivity index (χ0n) is 19.5. The number of aromatic nitrogens is 5. The molecular formula is C23H25N7O4S. The van der Waals surface area contributed by atoms with Crippen LogP contribution in [0.15, 0.2) is 64.5 Å². The van der Waals surface area contributed by atoms with Gasteiger partial charge in [0.25, 0.3) is 11.8 Å². The Kier molecular flexibility index (Phi) is 6.50. The van der Waals surface area contributed by atoms with E-state index in [-0.39, 0.29) is 21.9 Å². The molecule has 3 N–H and O–H groups in total. The molecule has 1 aromatic carbocycles. The van der Waals surface area contributed by atoms with Crippen LogP contribution in [0.5, 0.6) is 0 Å². The predicted octanol–water partition coefficient (Wildman–Crippen LogP) is 2.23. The quantitative estimate of drug-likeness (QED) is 0.395. The minimum atomic E-state index is -3.74. The summed E-state index contributed by atoms with van der Waals surface area (Å²) in [6.07, 6.45) is 5.20. The van der Waals surface area contributed by atoms with Gasteiger partial charge in [0, 0.05) is 24.4 Å². The minimum Gasteiger partial charge on any atom is -0.350 e. The van der Waals surface area contributed by atoms with E-state index in [1.807, 2.05) is 26.8 Å². The first-order valence-electron chi connectivity index (χ1n) is 10.8. The summed E-state index contributed by atoms with van der Waals surface area (Å²) in [5.41, 5.74) is 1.42. The van der Waals surface area contributed by atoms with Crippen LogP contribution in [0.3, 0.4) is 0 Å². The number of carbonyl (C=O) groups excluding carboxylic acids is 1. The van der Waals surface area contributed by atoms with Gasteiger partial charge < -0.3 is 9.84 Å². The molecule has 0 radical (unpaired) electrons. The number of benzene rings is 1. The molecule has 3 aromatic heterocycles. The predicted molar refractivity (Wildman–Crippen MR) is 127 cm³/mol. The summed E-state index contributed by atoms with van der Waals surface area (Å²) < 4.78 is 29.8. The van der Waals surface area contributed by atoms with E-state index in [2.05, 4.69) is 25.4 Å². The van der Waals surface area contributed by atoms with Crippen LogP contribution in [0.4, 0.5) is 0 Å². The maximum Gasteiger partial charge on any atom is 0.271 e. The number of imidazole rings is 1. The first-order chi connectivity index (χ1) is 16.5. The van der Waals surface area contributed by atoms with E-state index in [0.717, 1.165) is 5.56 Å². The molecule has 35 heavy (non-hydrogen) atoms. The summed E-state index contributed by atoms with van der Waals surface area (Å²) in [7, 11) is -3.74. The number of nitrogens with two attached hydrogens (primary N) is 1. The smallest absolute Gasteiger partial charge is 0.271 e. The molecule has 3 heterocycles. The second-order valence-electron chi connectivity index (χ2n) is 8.91. The lowest BCUT2D eigenvalue weighted by atomic mass is 9.96. The lowest BCUT2D eigenvalue weighted by Gasteiger charge is -2.11. The summed E-state index contributed by atoms with van der Waals surface area (Å²) in [5.74, 6) is 1.05. The van der Waals surface area contributed by atoms with E-state index in [9.17, 15) is 13.2 Å². The molecule has 0 atom stereocenters. The Morgan fingerprint density at radius 1 is 1.14 bits per heavy atom. The molecule has 4 aromatic rings. The summed E-state index contributed by atoms with van der Waals surface area (Å²) in [6, 6.07) is 9.76. The molecule has 4 rings (SSSR count). The highest BCUT2D eigenvalue weighted by Crippen LogP contribution is 2.27. The van der Waals surface area contributed by atoms with Crippen LogP contribution in [-0.4, -0.2) is 45.5 Å². The van der Waals surface area contributed by atoms with Gasteiger partial charge in [-0.3, -0.25) is 9.36 Å². The third-order valence-electron chi connectivity index (χ3n) is 5.12. The fourth-order valence-electron chi connectivity index (χ4n) is 3.22. The third-order valence-corrected chi connectivity index (χ3v) is 6.05. The Balaban J connectivity index is 1.44. The molecular weight excluding hydrogens is 470 g/mol. The Morgan fingerprint density at radius 3 is 2.54 bits per heavy atom. The van der Waals surface area contributed by atoms with Crippen molar-refractivity contribution in [2.24, 2.45) is 5.14 Å². The number of carbonyl (C=O) groups is 1. The van der Waals surface area contributed by atoms with Gasteiger partial charge >= 0.3 is 0 Å². The summed E-state index contributed by atoms with van der Waals surface area (Å²) in [5, 5.41) is 12.0. The van der Waals surface area contributed by atoms with Gasteiger partial charge in [0.15, 0.2) is 11.6 Å². The normalized spacial score (nSPS) is 12.0. The third kappa shape index (κ3) is 5.61. The van der Waals surface area contributed by atoms with E-state index in [0.29, 0.717) is 36.1 Å². The van der Waals surface area contributed by atoms with Gasteiger partial charge in [-0.05, 0) is 36.2 Å². The number of nitrogens with zero attached hydrogens (tertiary/aromatic N) is 5. The molecule has 11 nitrogen and oxygen atoms in total. The van der Waals surface area contributed by atoms with Gasteiger partial charge in [-0.2, -0.15) is 4.98 Å². The largest absolute Gasteiger partial charge is 0.350 e. The molecule has 182 valence electrons. The van der Waals surface area contributed by atoms with Gasteiger partial charge in [-0.1, -0.05) is 38.1 Å². The average molecular weight is 496 g/mol. The monoisotopic (exact) mass is 495 g/mol. The van der Waals surface area contributed by atoms with Gasteiger partial charge in [0.1, 0.15) is 12.0 Å². The standard InChI is InChI=1S/C23H25N7O4S/c1-23(2,3)22-28-21(34-29-22)17-5-4-11-25-19(17)30-13-18(27-14-30)20(31)26-12-10-15-6-8-16(9-7-15)35(24,32)33/h4-9,11,13-14H,10,12H2,1-3H3,(H,26,31)(H2,24,32,33). The van der Waals surface area contributed by atoms with E-state index in [1.165, 1.54) is 18.5 Å². The Bertz CT molecular complexity index is 1450. The second kappa shape index (κ2) is 9.39. The molecule has 0 spiro atoms. The van der Waals surface area contributed by atoms with Gasteiger partial charge in [-0.15, -0.1) is 0 Å². The van der Waals surface area contributed by atoms with Crippen molar-refractivity contribution in [1.29, 1.82) is 0 Å². The van der Waals surface area contributed by atoms with Crippen molar-refractivity contribution < 1.29 is 17.7 Å². The number of pyridine rings is 1. The van der Waals surface area contributed by atoms with E-state index < -0.39 is 10.0 Å². The molecule has 1 amide bonds. The summed E-state index contributed by atoms with van der Waals surface area (Å²) in [6.45, 7) is 6.32. The molecule has 0 aliphatic rings. The fourth-order valence-corrected chi connectivity index (χ4v) is 3.74. The highest BCUT2D eigenvalue weighted by atomic mass is 32.2. The van der Waals surface area contributed by atoms with Crippen molar-refractivity contribution >= 4 is 15.9 Å². The molecule has 12 heteroatoms. The fraction of sp³-hybridized carbons (Fsp3) is 0.261. The Hall–Kier alpha value is -3.90. The summed E-state index contributed by atoms with van der Waals surface area (Å²) >= 11 is 0. The van der Waals surface area contributed by atoms with E-state index >= 15 is 0 Å². The number of nitrogens with one attached hydrogen (secondary N) is 1. The van der Waals surface area contributed by atoms with Gasteiger partial charge in [-0.25, -0.2) is 23.5 Å². The highest BCUT2D eigenvalue weighted by Gasteiger charge is 2.23. The number of sulfonamides is 1.